The molecular weight excluding hydrogens is 521 g/mol. The van der Waals surface area contributed by atoms with Gasteiger partial charge in [-0.15, -0.1) is 10.2 Å². The molecule has 37 heavy (non-hydrogen) atoms. The molecule has 0 fully saturated rings. The predicted molar refractivity (Wildman–Crippen MR) is 153 cm³/mol. The minimum absolute atomic E-state index is 0.202. The molecule has 0 saturated heterocycles. The number of rotatable bonds is 9. The van der Waals surface area contributed by atoms with Crippen LogP contribution in [0.4, 0.5) is 0 Å². The highest BCUT2D eigenvalue weighted by Gasteiger charge is 2.12. The third kappa shape index (κ3) is 6.10. The number of aryl methyl sites for hydroxylation is 1. The second-order valence-corrected chi connectivity index (χ2v) is 11.6. The maximum absolute atomic E-state index is 12.3. The summed E-state index contributed by atoms with van der Waals surface area (Å²) in [6.45, 7) is 3.91. The van der Waals surface area contributed by atoms with Crippen LogP contribution >= 0.6 is 34.9 Å². The van der Waals surface area contributed by atoms with Gasteiger partial charge in [-0.25, -0.2) is 10.1 Å². The number of nitrogens with zero attached hydrogens (tertiary/aromatic N) is 5. The first kappa shape index (κ1) is 25.2. The van der Waals surface area contributed by atoms with Crippen molar-refractivity contribution in [2.45, 2.75) is 28.3 Å². The molecule has 186 valence electrons. The van der Waals surface area contributed by atoms with E-state index in [2.05, 4.69) is 68.3 Å². The van der Waals surface area contributed by atoms with Gasteiger partial charge in [0.25, 0.3) is 5.91 Å². The topological polar surface area (TPSA) is 85.1 Å². The lowest BCUT2D eigenvalue weighted by atomic mass is 10.1. The molecule has 0 atom stereocenters. The third-order valence-electron chi connectivity index (χ3n) is 5.68. The fourth-order valence-corrected chi connectivity index (χ4v) is 6.68. The number of para-hydroxylation sites is 1. The first-order valence-electron chi connectivity index (χ1n) is 11.6. The SMILES string of the molecule is Cc1nn(-c2ccccc2)c(C)c1/C=N\NC(=O)CSc1nnc(SCc2cccc3ccccc23)s1. The van der Waals surface area contributed by atoms with E-state index in [4.69, 9.17) is 0 Å². The Morgan fingerprint density at radius 3 is 2.54 bits per heavy atom. The summed E-state index contributed by atoms with van der Waals surface area (Å²) in [5.41, 5.74) is 7.53. The predicted octanol–water partition coefficient (Wildman–Crippen LogP) is 6.03. The highest BCUT2D eigenvalue weighted by molar-refractivity contribution is 8.03. The number of carbonyl (C=O) groups is 1. The van der Waals surface area contributed by atoms with Crippen LogP contribution in [0, 0.1) is 13.8 Å². The summed E-state index contributed by atoms with van der Waals surface area (Å²) in [5, 5.41) is 19.7. The van der Waals surface area contributed by atoms with E-state index in [1.165, 1.54) is 39.4 Å². The second-order valence-electron chi connectivity index (χ2n) is 8.17. The van der Waals surface area contributed by atoms with E-state index in [1.807, 2.05) is 48.9 Å². The zero-order valence-corrected chi connectivity index (χ0v) is 22.7. The van der Waals surface area contributed by atoms with Crippen molar-refractivity contribution < 1.29 is 4.79 Å². The van der Waals surface area contributed by atoms with Crippen LogP contribution < -0.4 is 5.43 Å². The lowest BCUT2D eigenvalue weighted by molar-refractivity contribution is -0.118. The number of fused-ring (bicyclic) bond motifs is 1. The summed E-state index contributed by atoms with van der Waals surface area (Å²) in [6.07, 6.45) is 1.65. The third-order valence-corrected chi connectivity index (χ3v) is 8.92. The van der Waals surface area contributed by atoms with Gasteiger partial charge in [-0.1, -0.05) is 95.5 Å². The summed E-state index contributed by atoms with van der Waals surface area (Å²) in [7, 11) is 0. The number of thioether (sulfide) groups is 2. The fourth-order valence-electron chi connectivity index (χ4n) is 3.86. The Morgan fingerprint density at radius 2 is 1.70 bits per heavy atom. The molecule has 7 nitrogen and oxygen atoms in total. The van der Waals surface area contributed by atoms with Gasteiger partial charge < -0.3 is 0 Å². The lowest BCUT2D eigenvalue weighted by Crippen LogP contribution is -2.19. The van der Waals surface area contributed by atoms with Crippen molar-refractivity contribution in [3.63, 3.8) is 0 Å². The Labute approximate surface area is 227 Å². The molecular formula is C27H24N6OS3. The number of benzene rings is 3. The number of aromatic nitrogens is 4. The van der Waals surface area contributed by atoms with Crippen LogP contribution in [0.5, 0.6) is 0 Å². The molecule has 5 aromatic rings. The van der Waals surface area contributed by atoms with Crippen molar-refractivity contribution in [1.29, 1.82) is 0 Å². The van der Waals surface area contributed by atoms with E-state index in [1.54, 1.807) is 18.0 Å². The largest absolute Gasteiger partial charge is 0.272 e. The molecule has 1 amide bonds. The molecule has 0 unspecified atom stereocenters. The summed E-state index contributed by atoms with van der Waals surface area (Å²) in [6, 6.07) is 24.7. The quantitative estimate of drug-likeness (QED) is 0.139. The van der Waals surface area contributed by atoms with Gasteiger partial charge in [0.15, 0.2) is 8.68 Å². The highest BCUT2D eigenvalue weighted by atomic mass is 32.2. The molecule has 10 heteroatoms. The second kappa shape index (κ2) is 11.7. The average molecular weight is 545 g/mol. The van der Waals surface area contributed by atoms with E-state index in [0.717, 1.165) is 37.1 Å². The van der Waals surface area contributed by atoms with Crippen molar-refractivity contribution in [1.82, 2.24) is 25.4 Å². The van der Waals surface area contributed by atoms with Gasteiger partial charge >= 0.3 is 0 Å². The smallest absolute Gasteiger partial charge is 0.250 e. The Kier molecular flexibility index (Phi) is 7.98. The van der Waals surface area contributed by atoms with Crippen molar-refractivity contribution in [3.8, 4) is 5.69 Å². The molecule has 1 N–H and O–H groups in total. The zero-order valence-electron chi connectivity index (χ0n) is 20.3. The van der Waals surface area contributed by atoms with Crippen LogP contribution in [-0.4, -0.2) is 37.9 Å². The number of carbonyl (C=O) groups excluding carboxylic acids is 1. The van der Waals surface area contributed by atoms with Gasteiger partial charge in [0, 0.05) is 11.3 Å². The summed E-state index contributed by atoms with van der Waals surface area (Å²) >= 11 is 4.51. The number of hydrazone groups is 1. The highest BCUT2D eigenvalue weighted by Crippen LogP contribution is 2.32. The minimum atomic E-state index is -0.202. The molecule has 0 spiro atoms. The van der Waals surface area contributed by atoms with Crippen molar-refractivity contribution in [3.05, 3.63) is 95.3 Å². The Morgan fingerprint density at radius 1 is 0.973 bits per heavy atom. The van der Waals surface area contributed by atoms with Crippen molar-refractivity contribution in [2.24, 2.45) is 5.10 Å². The van der Waals surface area contributed by atoms with Gasteiger partial charge in [0.05, 0.1) is 29.0 Å². The maximum atomic E-state index is 12.3. The molecule has 5 rings (SSSR count). The molecule has 0 saturated carbocycles. The van der Waals surface area contributed by atoms with E-state index < -0.39 is 0 Å². The van der Waals surface area contributed by atoms with E-state index >= 15 is 0 Å². The molecule has 0 aliphatic heterocycles. The molecule has 2 aromatic heterocycles. The Bertz CT molecular complexity index is 1560. The molecule has 0 bridgehead atoms. The summed E-state index contributed by atoms with van der Waals surface area (Å²) < 4.78 is 3.52. The van der Waals surface area contributed by atoms with Crippen molar-refractivity contribution >= 4 is 57.8 Å². The molecule has 0 aliphatic rings. The van der Waals surface area contributed by atoms with Gasteiger partial charge in [0.2, 0.25) is 0 Å². The van der Waals surface area contributed by atoms with Crippen LogP contribution in [0.15, 0.2) is 86.6 Å². The van der Waals surface area contributed by atoms with E-state index in [9.17, 15) is 4.79 Å². The van der Waals surface area contributed by atoms with Crippen LogP contribution in [0.25, 0.3) is 16.5 Å². The fraction of sp³-hybridized carbons (Fsp3) is 0.148. The number of amides is 1. The van der Waals surface area contributed by atoms with Crippen molar-refractivity contribution in [2.75, 3.05) is 5.75 Å². The number of hydrogen-bond donors (Lipinski definition) is 1. The first-order valence-corrected chi connectivity index (χ1v) is 14.4. The normalized spacial score (nSPS) is 11.4. The van der Waals surface area contributed by atoms with Crippen LogP contribution in [-0.2, 0) is 10.5 Å². The van der Waals surface area contributed by atoms with Crippen LogP contribution in [0.2, 0.25) is 0 Å². The van der Waals surface area contributed by atoms with Crippen LogP contribution in [0.1, 0.15) is 22.5 Å². The monoisotopic (exact) mass is 544 g/mol. The van der Waals surface area contributed by atoms with Gasteiger partial charge in [0.1, 0.15) is 0 Å². The minimum Gasteiger partial charge on any atom is -0.272 e. The molecule has 0 radical (unpaired) electrons. The maximum Gasteiger partial charge on any atom is 0.250 e. The standard InChI is InChI=1S/C27H24N6OS3/c1-18-24(19(2)33(32-18)22-12-4-3-5-13-22)15-28-29-25(34)17-36-27-31-30-26(37-27)35-16-21-11-8-10-20-9-6-7-14-23(20)21/h3-15H,16-17H2,1-2H3,(H,29,34)/b28-15-. The van der Waals surface area contributed by atoms with Gasteiger partial charge in [-0.05, 0) is 42.3 Å². The molecule has 0 aliphatic carbocycles. The lowest BCUT2D eigenvalue weighted by Gasteiger charge is -2.04. The first-order chi connectivity index (χ1) is 18.1. The van der Waals surface area contributed by atoms with Gasteiger partial charge in [-0.2, -0.15) is 10.2 Å². The summed E-state index contributed by atoms with van der Waals surface area (Å²) in [4.78, 5) is 12.3. The molecule has 3 aromatic carbocycles. The van der Waals surface area contributed by atoms with Crippen LogP contribution in [0.3, 0.4) is 0 Å². The van der Waals surface area contributed by atoms with Gasteiger partial charge in [-0.3, -0.25) is 4.79 Å². The molecule has 2 heterocycles. The van der Waals surface area contributed by atoms with E-state index in [-0.39, 0.29) is 11.7 Å². The number of nitrogens with one attached hydrogen (secondary N) is 1. The summed E-state index contributed by atoms with van der Waals surface area (Å²) in [5.74, 6) is 0.823. The number of hydrogen-bond acceptors (Lipinski definition) is 8. The Hall–Kier alpha value is -3.47. The zero-order chi connectivity index (χ0) is 25.6. The van der Waals surface area contributed by atoms with E-state index in [0.29, 0.717) is 0 Å². The Balaban J connectivity index is 1.12. The average Bonchev–Trinajstić information content (AvgIpc) is 3.50.